The number of aliphatic hydroxyl groups is 1. The molecule has 0 spiro atoms. The van der Waals surface area contributed by atoms with Crippen molar-refractivity contribution < 1.29 is 14.3 Å². The number of hydrogen-bond acceptors (Lipinski definition) is 3. The van der Waals surface area contributed by atoms with E-state index in [0.717, 1.165) is 0 Å². The van der Waals surface area contributed by atoms with Crippen LogP contribution in [0.5, 0.6) is 0 Å². The third kappa shape index (κ3) is 6.70. The molecule has 0 aliphatic rings. The van der Waals surface area contributed by atoms with E-state index in [1.165, 1.54) is 0 Å². The average Bonchev–Trinajstić information content (AvgIpc) is 2.53. The molecule has 1 amide bonds. The molecule has 4 nitrogen and oxygen atoms in total. The van der Waals surface area contributed by atoms with Crippen LogP contribution >= 0.6 is 34.8 Å². The third-order valence-corrected chi connectivity index (χ3v) is 10.3. The molecule has 26 heavy (non-hydrogen) atoms. The van der Waals surface area contributed by atoms with Gasteiger partial charge >= 0.3 is 0 Å². The van der Waals surface area contributed by atoms with Gasteiger partial charge in [-0.05, 0) is 42.2 Å². The van der Waals surface area contributed by atoms with Crippen LogP contribution in [0.3, 0.4) is 0 Å². The van der Waals surface area contributed by atoms with Gasteiger partial charge < -0.3 is 14.8 Å². The van der Waals surface area contributed by atoms with E-state index in [1.54, 1.807) is 18.2 Å². The Morgan fingerprint density at radius 1 is 1.27 bits per heavy atom. The molecule has 1 rings (SSSR count). The highest BCUT2D eigenvalue weighted by Gasteiger charge is 2.37. The Labute approximate surface area is 172 Å². The predicted octanol–water partition coefficient (Wildman–Crippen LogP) is 5.16. The van der Waals surface area contributed by atoms with Gasteiger partial charge in [-0.25, -0.2) is 0 Å². The molecule has 0 bridgehead atoms. The molecule has 148 valence electrons. The number of hydrogen-bond donors (Lipinski definition) is 2. The van der Waals surface area contributed by atoms with Crippen molar-refractivity contribution in [3.05, 3.63) is 33.8 Å². The summed E-state index contributed by atoms with van der Waals surface area (Å²) in [5.41, 5.74) is 0.665. The van der Waals surface area contributed by atoms with Crippen LogP contribution in [0.1, 0.15) is 38.8 Å². The zero-order chi connectivity index (χ0) is 20.1. The Morgan fingerprint density at radius 2 is 1.88 bits per heavy atom. The summed E-state index contributed by atoms with van der Waals surface area (Å²) in [6, 6.07) is 4.36. The molecule has 0 fully saturated rings. The largest absolute Gasteiger partial charge is 0.417 e. The SMILES string of the molecule is CC(C)(C)[Si](C)(C)OCCC(O)C(NC(=O)CCl)c1ccc(Cl)c(Cl)c1. The molecule has 0 aliphatic carbocycles. The zero-order valence-electron chi connectivity index (χ0n) is 15.9. The van der Waals surface area contributed by atoms with Crippen molar-refractivity contribution in [2.75, 3.05) is 12.5 Å². The van der Waals surface area contributed by atoms with Crippen molar-refractivity contribution in [2.45, 2.75) is 57.5 Å². The first-order valence-corrected chi connectivity index (χ1v) is 12.7. The molecular formula is C18H28Cl3NO3Si. The quantitative estimate of drug-likeness (QED) is 0.433. The number of alkyl halides is 1. The van der Waals surface area contributed by atoms with Gasteiger partial charge in [-0.15, -0.1) is 11.6 Å². The van der Waals surface area contributed by atoms with Crippen LogP contribution in [0.15, 0.2) is 18.2 Å². The summed E-state index contributed by atoms with van der Waals surface area (Å²) in [7, 11) is -1.90. The maximum Gasteiger partial charge on any atom is 0.235 e. The topological polar surface area (TPSA) is 58.6 Å². The number of amides is 1. The van der Waals surface area contributed by atoms with Crippen LogP contribution in [0.2, 0.25) is 28.2 Å². The highest BCUT2D eigenvalue weighted by molar-refractivity contribution is 6.74. The van der Waals surface area contributed by atoms with E-state index in [0.29, 0.717) is 28.6 Å². The standard InChI is InChI=1S/C18H28Cl3NO3Si/c1-18(2,3)26(4,5)25-9-8-15(23)17(22-16(24)11-19)12-6-7-13(20)14(21)10-12/h6-7,10,15,17,23H,8-9,11H2,1-5H3,(H,22,24). The first-order valence-electron chi connectivity index (χ1n) is 8.51. The summed E-state index contributed by atoms with van der Waals surface area (Å²) >= 11 is 17.6. The van der Waals surface area contributed by atoms with Gasteiger partial charge in [0, 0.05) is 6.61 Å². The third-order valence-electron chi connectivity index (χ3n) is 4.81. The van der Waals surface area contributed by atoms with Crippen LogP contribution in [0.25, 0.3) is 0 Å². The molecule has 8 heteroatoms. The van der Waals surface area contributed by atoms with Crippen LogP contribution in [0.4, 0.5) is 0 Å². The molecule has 0 saturated carbocycles. The summed E-state index contributed by atoms with van der Waals surface area (Å²) in [6.45, 7) is 11.2. The average molecular weight is 441 g/mol. The second-order valence-corrected chi connectivity index (χ2v) is 13.7. The molecule has 1 aromatic carbocycles. The lowest BCUT2D eigenvalue weighted by molar-refractivity contribution is -0.120. The number of rotatable bonds is 8. The number of halogens is 3. The summed E-state index contributed by atoms with van der Waals surface area (Å²) in [5, 5.41) is 14.3. The summed E-state index contributed by atoms with van der Waals surface area (Å²) in [6.07, 6.45) is -0.468. The van der Waals surface area contributed by atoms with Crippen LogP contribution < -0.4 is 5.32 Å². The van der Waals surface area contributed by atoms with Crippen molar-refractivity contribution >= 4 is 49.0 Å². The minimum Gasteiger partial charge on any atom is -0.417 e. The Morgan fingerprint density at radius 3 is 2.38 bits per heavy atom. The number of carbonyl (C=O) groups excluding carboxylic acids is 1. The van der Waals surface area contributed by atoms with E-state index in [-0.39, 0.29) is 16.8 Å². The Hall–Kier alpha value is -0.303. The van der Waals surface area contributed by atoms with Crippen molar-refractivity contribution in [3.8, 4) is 0 Å². The van der Waals surface area contributed by atoms with Gasteiger partial charge in [0.1, 0.15) is 5.88 Å². The first-order chi connectivity index (χ1) is 11.9. The Kier molecular flexibility index (Phi) is 8.91. The predicted molar refractivity (Wildman–Crippen MR) is 112 cm³/mol. The minimum atomic E-state index is -1.90. The van der Waals surface area contributed by atoms with E-state index in [1.807, 2.05) is 0 Å². The minimum absolute atomic E-state index is 0.0912. The van der Waals surface area contributed by atoms with Gasteiger partial charge in [0.15, 0.2) is 8.32 Å². The van der Waals surface area contributed by atoms with E-state index in [9.17, 15) is 9.90 Å². The molecule has 0 heterocycles. The maximum atomic E-state index is 11.8. The first kappa shape index (κ1) is 23.7. The number of benzene rings is 1. The highest BCUT2D eigenvalue weighted by atomic mass is 35.5. The molecule has 0 aliphatic heterocycles. The van der Waals surface area contributed by atoms with Crippen molar-refractivity contribution in [3.63, 3.8) is 0 Å². The molecule has 2 unspecified atom stereocenters. The molecular weight excluding hydrogens is 413 g/mol. The number of aliphatic hydroxyl groups excluding tert-OH is 1. The lowest BCUT2D eigenvalue weighted by Crippen LogP contribution is -2.42. The Bertz CT molecular complexity index is 620. The van der Waals surface area contributed by atoms with Gasteiger partial charge in [-0.3, -0.25) is 4.79 Å². The van der Waals surface area contributed by atoms with Gasteiger partial charge in [-0.2, -0.15) is 0 Å². The zero-order valence-corrected chi connectivity index (χ0v) is 19.2. The van der Waals surface area contributed by atoms with Crippen molar-refractivity contribution in [1.29, 1.82) is 0 Å². The van der Waals surface area contributed by atoms with E-state index in [2.05, 4.69) is 39.2 Å². The fourth-order valence-electron chi connectivity index (χ4n) is 2.14. The second kappa shape index (κ2) is 9.76. The fraction of sp³-hybridized carbons (Fsp3) is 0.611. The van der Waals surface area contributed by atoms with E-state index in [4.69, 9.17) is 39.2 Å². The van der Waals surface area contributed by atoms with Crippen molar-refractivity contribution in [1.82, 2.24) is 5.32 Å². The smallest absolute Gasteiger partial charge is 0.235 e. The lowest BCUT2D eigenvalue weighted by atomic mass is 9.99. The van der Waals surface area contributed by atoms with Gasteiger partial charge in [0.25, 0.3) is 0 Å². The highest BCUT2D eigenvalue weighted by Crippen LogP contribution is 2.36. The van der Waals surface area contributed by atoms with E-state index >= 15 is 0 Å². The van der Waals surface area contributed by atoms with Crippen molar-refractivity contribution in [2.24, 2.45) is 0 Å². The van der Waals surface area contributed by atoms with Crippen LogP contribution in [0, 0.1) is 0 Å². The fourth-order valence-corrected chi connectivity index (χ4v) is 3.58. The molecule has 0 aromatic heterocycles. The Balaban J connectivity index is 2.86. The summed E-state index contributed by atoms with van der Waals surface area (Å²) < 4.78 is 6.12. The van der Waals surface area contributed by atoms with Gasteiger partial charge in [0.2, 0.25) is 5.91 Å². The lowest BCUT2D eigenvalue weighted by Gasteiger charge is -2.36. The molecule has 0 radical (unpaired) electrons. The molecule has 0 saturated heterocycles. The molecule has 1 aromatic rings. The van der Waals surface area contributed by atoms with E-state index < -0.39 is 20.5 Å². The maximum absolute atomic E-state index is 11.8. The summed E-state index contributed by atoms with van der Waals surface area (Å²) in [4.78, 5) is 11.8. The van der Waals surface area contributed by atoms with Gasteiger partial charge in [0.05, 0.1) is 22.2 Å². The van der Waals surface area contributed by atoms with Gasteiger partial charge in [-0.1, -0.05) is 50.0 Å². The number of nitrogens with one attached hydrogen (secondary N) is 1. The van der Waals surface area contributed by atoms with Crippen LogP contribution in [-0.2, 0) is 9.22 Å². The second-order valence-electron chi connectivity index (χ2n) is 7.82. The monoisotopic (exact) mass is 439 g/mol. The number of carbonyl (C=O) groups is 1. The van der Waals surface area contributed by atoms with Crippen LogP contribution in [-0.4, -0.2) is 37.9 Å². The summed E-state index contributed by atoms with van der Waals surface area (Å²) in [5.74, 6) is -0.558. The molecule has 2 N–H and O–H groups in total. The molecule has 2 atom stereocenters. The normalized spacial score (nSPS) is 14.8.